The molecule has 1 atom stereocenters. The molecule has 1 aliphatic carbocycles. The summed E-state index contributed by atoms with van der Waals surface area (Å²) in [5, 5.41) is 9.18. The summed E-state index contributed by atoms with van der Waals surface area (Å²) in [4.78, 5) is 16.0. The average Bonchev–Trinajstić information content (AvgIpc) is 2.74. The first kappa shape index (κ1) is 24.2. The Labute approximate surface area is 185 Å². The van der Waals surface area contributed by atoms with Crippen molar-refractivity contribution >= 4 is 5.97 Å². The lowest BCUT2D eigenvalue weighted by molar-refractivity contribution is -0.140. The highest BCUT2D eigenvalue weighted by Gasteiger charge is 2.34. The van der Waals surface area contributed by atoms with E-state index in [2.05, 4.69) is 12.1 Å². The van der Waals surface area contributed by atoms with Crippen LogP contribution in [0, 0.1) is 5.82 Å². The van der Waals surface area contributed by atoms with E-state index in [0.29, 0.717) is 12.8 Å². The van der Waals surface area contributed by atoms with Crippen molar-refractivity contribution < 1.29 is 27.5 Å². The van der Waals surface area contributed by atoms with Crippen LogP contribution in [0.3, 0.4) is 0 Å². The molecule has 1 heterocycles. The molecular formula is C25H29F4NO2. The van der Waals surface area contributed by atoms with Crippen molar-refractivity contribution in [2.24, 2.45) is 0 Å². The molecule has 0 aliphatic heterocycles. The molecule has 32 heavy (non-hydrogen) atoms. The van der Waals surface area contributed by atoms with Crippen molar-refractivity contribution in [3.63, 3.8) is 0 Å². The quantitative estimate of drug-likeness (QED) is 0.317. The van der Waals surface area contributed by atoms with E-state index in [-0.39, 0.29) is 12.0 Å². The van der Waals surface area contributed by atoms with Gasteiger partial charge in [-0.15, -0.1) is 0 Å². The summed E-state index contributed by atoms with van der Waals surface area (Å²) in [7, 11) is 0. The van der Waals surface area contributed by atoms with Crippen LogP contribution in [0.2, 0.25) is 0 Å². The predicted octanol–water partition coefficient (Wildman–Crippen LogP) is 6.87. The van der Waals surface area contributed by atoms with Crippen LogP contribution in [0.15, 0.2) is 30.3 Å². The topological polar surface area (TPSA) is 50.2 Å². The molecule has 3 nitrogen and oxygen atoms in total. The second-order valence-corrected chi connectivity index (χ2v) is 8.60. The Morgan fingerprint density at radius 1 is 1.03 bits per heavy atom. The number of benzene rings is 1. The van der Waals surface area contributed by atoms with Crippen molar-refractivity contribution in [3.8, 4) is 0 Å². The van der Waals surface area contributed by atoms with Gasteiger partial charge in [0.05, 0.1) is 12.0 Å². The summed E-state index contributed by atoms with van der Waals surface area (Å²) in [6, 6.07) is 7.08. The fraction of sp³-hybridized carbons (Fsp3) is 0.520. The number of rotatable bonds is 10. The lowest BCUT2D eigenvalue weighted by Crippen LogP contribution is -2.12. The maximum atomic E-state index is 13.6. The first-order valence-electron chi connectivity index (χ1n) is 11.3. The number of hydrogen-bond donors (Lipinski definition) is 1. The van der Waals surface area contributed by atoms with Gasteiger partial charge in [0.2, 0.25) is 0 Å². The third-order valence-corrected chi connectivity index (χ3v) is 6.16. The summed E-state index contributed by atoms with van der Waals surface area (Å²) in [6.45, 7) is 0. The van der Waals surface area contributed by atoms with Crippen LogP contribution in [0.25, 0.3) is 0 Å². The standard InChI is InChI=1S/C25H29F4NO2/c26-22-14-12-19(15-21(22)25(27,28)29)18(16-24(31)32)8-3-1-2-4-9-20-13-11-17-7-5-6-10-23(17)30-20/h11-15,18H,1-10,16H2,(H,31,32). The third-order valence-electron chi connectivity index (χ3n) is 6.16. The van der Waals surface area contributed by atoms with Crippen LogP contribution in [0.4, 0.5) is 17.6 Å². The first-order chi connectivity index (χ1) is 15.2. The number of unbranched alkanes of at least 4 members (excludes halogenated alkanes) is 3. The fourth-order valence-corrected chi connectivity index (χ4v) is 4.43. The Kier molecular flexibility index (Phi) is 8.26. The van der Waals surface area contributed by atoms with Gasteiger partial charge in [-0.05, 0) is 80.2 Å². The van der Waals surface area contributed by atoms with Crippen LogP contribution >= 0.6 is 0 Å². The highest BCUT2D eigenvalue weighted by molar-refractivity contribution is 5.68. The third kappa shape index (κ3) is 6.78. The molecule has 0 saturated heterocycles. The molecule has 0 spiro atoms. The smallest absolute Gasteiger partial charge is 0.419 e. The number of aliphatic carboxylic acids is 1. The number of pyridine rings is 1. The van der Waals surface area contributed by atoms with E-state index < -0.39 is 29.4 Å². The van der Waals surface area contributed by atoms with Gasteiger partial charge in [0.25, 0.3) is 0 Å². The maximum Gasteiger partial charge on any atom is 0.419 e. The molecule has 0 saturated carbocycles. The SMILES string of the molecule is O=C(O)CC(CCCCCCc1ccc2c(n1)CCCC2)c1ccc(F)c(C(F)(F)F)c1. The van der Waals surface area contributed by atoms with Gasteiger partial charge in [0.1, 0.15) is 5.82 Å². The van der Waals surface area contributed by atoms with E-state index in [0.717, 1.165) is 56.4 Å². The Hall–Kier alpha value is -2.44. The van der Waals surface area contributed by atoms with E-state index in [9.17, 15) is 27.5 Å². The van der Waals surface area contributed by atoms with E-state index in [1.54, 1.807) is 0 Å². The molecule has 1 aromatic heterocycles. The molecule has 1 aromatic carbocycles. The highest BCUT2D eigenvalue weighted by atomic mass is 19.4. The summed E-state index contributed by atoms with van der Waals surface area (Å²) in [5.74, 6) is -2.99. The molecule has 2 aromatic rings. The van der Waals surface area contributed by atoms with Gasteiger partial charge >= 0.3 is 12.1 Å². The van der Waals surface area contributed by atoms with Crippen LogP contribution in [-0.4, -0.2) is 16.1 Å². The van der Waals surface area contributed by atoms with Crippen LogP contribution < -0.4 is 0 Å². The van der Waals surface area contributed by atoms with Crippen LogP contribution in [-0.2, 0) is 30.2 Å². The van der Waals surface area contributed by atoms with Crippen molar-refractivity contribution in [3.05, 3.63) is 64.2 Å². The van der Waals surface area contributed by atoms with E-state index in [1.165, 1.54) is 30.2 Å². The summed E-state index contributed by atoms with van der Waals surface area (Å²) in [5.41, 5.74) is 2.56. The monoisotopic (exact) mass is 451 g/mol. The zero-order valence-electron chi connectivity index (χ0n) is 18.1. The average molecular weight is 452 g/mol. The van der Waals surface area contributed by atoms with E-state index in [1.807, 2.05) is 0 Å². The minimum Gasteiger partial charge on any atom is -0.481 e. The fourth-order valence-electron chi connectivity index (χ4n) is 4.43. The number of carboxylic acids is 1. The number of carboxylic acid groups (broad SMARTS) is 1. The van der Waals surface area contributed by atoms with Crippen molar-refractivity contribution in [1.82, 2.24) is 4.98 Å². The zero-order chi connectivity index (χ0) is 23.1. The molecule has 0 bridgehead atoms. The summed E-state index contributed by atoms with van der Waals surface area (Å²) in [6.07, 6.45) is 4.30. The Morgan fingerprint density at radius 2 is 1.78 bits per heavy atom. The van der Waals surface area contributed by atoms with Gasteiger partial charge < -0.3 is 5.11 Å². The number of alkyl halides is 3. The lowest BCUT2D eigenvalue weighted by atomic mass is 9.89. The van der Waals surface area contributed by atoms with Crippen molar-refractivity contribution in [1.29, 1.82) is 0 Å². The Bertz CT molecular complexity index is 927. The van der Waals surface area contributed by atoms with Crippen molar-refractivity contribution in [2.45, 2.75) is 82.7 Å². The number of nitrogens with zero attached hydrogens (tertiary/aromatic N) is 1. The normalized spacial score (nSPS) is 14.8. The number of hydrogen-bond acceptors (Lipinski definition) is 2. The predicted molar refractivity (Wildman–Crippen MR) is 114 cm³/mol. The zero-order valence-corrected chi connectivity index (χ0v) is 18.1. The van der Waals surface area contributed by atoms with Crippen LogP contribution in [0.5, 0.6) is 0 Å². The van der Waals surface area contributed by atoms with Gasteiger partial charge in [0.15, 0.2) is 0 Å². The van der Waals surface area contributed by atoms with Gasteiger partial charge in [-0.25, -0.2) is 4.39 Å². The minimum absolute atomic E-state index is 0.222. The number of aryl methyl sites for hydroxylation is 3. The highest BCUT2D eigenvalue weighted by Crippen LogP contribution is 2.35. The molecule has 7 heteroatoms. The maximum absolute atomic E-state index is 13.6. The summed E-state index contributed by atoms with van der Waals surface area (Å²) >= 11 is 0. The molecule has 3 rings (SSSR count). The molecule has 174 valence electrons. The Morgan fingerprint density at radius 3 is 2.53 bits per heavy atom. The number of halogens is 4. The number of carbonyl (C=O) groups is 1. The van der Waals surface area contributed by atoms with Crippen LogP contribution in [0.1, 0.15) is 85.4 Å². The molecule has 1 aliphatic rings. The van der Waals surface area contributed by atoms with Gasteiger partial charge in [-0.2, -0.15) is 13.2 Å². The van der Waals surface area contributed by atoms with Gasteiger partial charge in [-0.1, -0.05) is 31.4 Å². The molecule has 1 unspecified atom stereocenters. The second-order valence-electron chi connectivity index (χ2n) is 8.60. The molecule has 0 amide bonds. The molecule has 1 N–H and O–H groups in total. The van der Waals surface area contributed by atoms with Crippen molar-refractivity contribution in [2.75, 3.05) is 0 Å². The van der Waals surface area contributed by atoms with Gasteiger partial charge in [-0.3, -0.25) is 9.78 Å². The number of fused-ring (bicyclic) bond motifs is 1. The first-order valence-corrected chi connectivity index (χ1v) is 11.3. The molecule has 0 radical (unpaired) electrons. The second kappa shape index (κ2) is 10.9. The molecule has 0 fully saturated rings. The largest absolute Gasteiger partial charge is 0.481 e. The minimum atomic E-state index is -4.81. The van der Waals surface area contributed by atoms with E-state index >= 15 is 0 Å². The van der Waals surface area contributed by atoms with E-state index in [4.69, 9.17) is 4.98 Å². The Balaban J connectivity index is 1.49. The molecular weight excluding hydrogens is 422 g/mol. The number of aromatic nitrogens is 1. The van der Waals surface area contributed by atoms with Gasteiger partial charge in [0, 0.05) is 11.4 Å². The summed E-state index contributed by atoms with van der Waals surface area (Å²) < 4.78 is 52.6. The lowest BCUT2D eigenvalue weighted by Gasteiger charge is -2.18.